The fraction of sp³-hybridized carbons (Fsp3) is 0.385. The van der Waals surface area contributed by atoms with Gasteiger partial charge in [-0.3, -0.25) is 0 Å². The maximum atomic E-state index is 5.76. The number of nitrogens with two attached hydrogens (primary N) is 1. The highest BCUT2D eigenvalue weighted by molar-refractivity contribution is 5.83. The lowest BCUT2D eigenvalue weighted by Gasteiger charge is -2.10. The van der Waals surface area contributed by atoms with E-state index in [4.69, 9.17) is 5.73 Å². The molecular formula is C13H18N2. The Bertz CT molecular complexity index is 455. The second-order valence-corrected chi connectivity index (χ2v) is 4.42. The summed E-state index contributed by atoms with van der Waals surface area (Å²) in [4.78, 5) is 0. The fourth-order valence-electron chi connectivity index (χ4n) is 2.05. The number of hydrogen-bond acceptors (Lipinski definition) is 1. The van der Waals surface area contributed by atoms with Gasteiger partial charge in [0, 0.05) is 19.3 Å². The lowest BCUT2D eigenvalue weighted by Crippen LogP contribution is -2.06. The summed E-state index contributed by atoms with van der Waals surface area (Å²) in [6, 6.07) is 8.49. The topological polar surface area (TPSA) is 30.9 Å². The third-order valence-corrected chi connectivity index (χ3v) is 2.65. The van der Waals surface area contributed by atoms with Crippen molar-refractivity contribution in [3.63, 3.8) is 0 Å². The van der Waals surface area contributed by atoms with Gasteiger partial charge in [-0.25, -0.2) is 0 Å². The maximum Gasteiger partial charge on any atom is 0.0525 e. The standard InChI is InChI=1S/C13H18N2/c1-10(2)9-15-7-6-11-4-3-5-12(8-14)13(11)15/h3-7,10H,8-9,14H2,1-2H3. The highest BCUT2D eigenvalue weighted by Gasteiger charge is 2.06. The Labute approximate surface area is 90.7 Å². The molecule has 0 spiro atoms. The number of aromatic nitrogens is 1. The van der Waals surface area contributed by atoms with Crippen molar-refractivity contribution in [2.24, 2.45) is 11.7 Å². The van der Waals surface area contributed by atoms with Crippen molar-refractivity contribution in [2.75, 3.05) is 0 Å². The van der Waals surface area contributed by atoms with Gasteiger partial charge >= 0.3 is 0 Å². The van der Waals surface area contributed by atoms with E-state index in [1.165, 1.54) is 16.5 Å². The normalized spacial score (nSPS) is 11.5. The van der Waals surface area contributed by atoms with Crippen molar-refractivity contribution in [3.8, 4) is 0 Å². The molecule has 0 fully saturated rings. The van der Waals surface area contributed by atoms with E-state index in [1.807, 2.05) is 0 Å². The molecule has 2 heteroatoms. The number of para-hydroxylation sites is 1. The Morgan fingerprint density at radius 1 is 1.27 bits per heavy atom. The molecule has 0 amide bonds. The Morgan fingerprint density at radius 2 is 2.07 bits per heavy atom. The van der Waals surface area contributed by atoms with Gasteiger partial charge in [0.05, 0.1) is 5.52 Å². The minimum atomic E-state index is 0.611. The van der Waals surface area contributed by atoms with Gasteiger partial charge in [0.15, 0.2) is 0 Å². The molecule has 0 radical (unpaired) electrons. The number of rotatable bonds is 3. The van der Waals surface area contributed by atoms with Gasteiger partial charge in [-0.1, -0.05) is 32.0 Å². The van der Waals surface area contributed by atoms with Crippen LogP contribution < -0.4 is 5.73 Å². The molecule has 2 rings (SSSR count). The molecule has 0 unspecified atom stereocenters. The van der Waals surface area contributed by atoms with Crippen molar-refractivity contribution in [2.45, 2.75) is 26.9 Å². The Morgan fingerprint density at radius 3 is 2.73 bits per heavy atom. The molecule has 1 aromatic heterocycles. The Balaban J connectivity index is 2.55. The lowest BCUT2D eigenvalue weighted by molar-refractivity contribution is 0.534. The van der Waals surface area contributed by atoms with Crippen LogP contribution in [-0.4, -0.2) is 4.57 Å². The van der Waals surface area contributed by atoms with Gasteiger partial charge in [0.2, 0.25) is 0 Å². The number of fused-ring (bicyclic) bond motifs is 1. The first-order valence-corrected chi connectivity index (χ1v) is 5.49. The van der Waals surface area contributed by atoms with Crippen LogP contribution in [0.5, 0.6) is 0 Å². The van der Waals surface area contributed by atoms with Crippen molar-refractivity contribution >= 4 is 10.9 Å². The van der Waals surface area contributed by atoms with E-state index in [9.17, 15) is 0 Å². The first-order chi connectivity index (χ1) is 7.22. The van der Waals surface area contributed by atoms with Crippen molar-refractivity contribution in [1.82, 2.24) is 4.57 Å². The van der Waals surface area contributed by atoms with Crippen LogP contribution in [0.4, 0.5) is 0 Å². The van der Waals surface area contributed by atoms with E-state index in [0.29, 0.717) is 12.5 Å². The minimum absolute atomic E-state index is 0.611. The van der Waals surface area contributed by atoms with E-state index in [0.717, 1.165) is 6.54 Å². The predicted octanol–water partition coefficient (Wildman–Crippen LogP) is 2.76. The molecular weight excluding hydrogens is 184 g/mol. The molecule has 0 saturated heterocycles. The van der Waals surface area contributed by atoms with Crippen molar-refractivity contribution in [1.29, 1.82) is 0 Å². The molecule has 2 nitrogen and oxygen atoms in total. The van der Waals surface area contributed by atoms with Crippen LogP contribution in [-0.2, 0) is 13.1 Å². The van der Waals surface area contributed by atoms with Crippen LogP contribution in [0.3, 0.4) is 0 Å². The largest absolute Gasteiger partial charge is 0.347 e. The molecule has 1 aromatic carbocycles. The summed E-state index contributed by atoms with van der Waals surface area (Å²) in [6.45, 7) is 6.13. The highest BCUT2D eigenvalue weighted by atomic mass is 15.0. The minimum Gasteiger partial charge on any atom is -0.347 e. The first-order valence-electron chi connectivity index (χ1n) is 5.49. The van der Waals surface area contributed by atoms with Crippen LogP contribution in [0.25, 0.3) is 10.9 Å². The molecule has 0 aliphatic carbocycles. The molecule has 2 aromatic rings. The molecule has 0 aliphatic heterocycles. The van der Waals surface area contributed by atoms with Crippen LogP contribution in [0.1, 0.15) is 19.4 Å². The summed E-state index contributed by atoms with van der Waals surface area (Å²) < 4.78 is 2.31. The predicted molar refractivity (Wildman–Crippen MR) is 64.7 cm³/mol. The van der Waals surface area contributed by atoms with Gasteiger partial charge in [-0.15, -0.1) is 0 Å². The number of hydrogen-bond donors (Lipinski definition) is 1. The molecule has 15 heavy (non-hydrogen) atoms. The summed E-state index contributed by atoms with van der Waals surface area (Å²) in [6.07, 6.45) is 2.16. The SMILES string of the molecule is CC(C)Cn1ccc2cccc(CN)c21. The summed E-state index contributed by atoms with van der Waals surface area (Å²) >= 11 is 0. The average molecular weight is 202 g/mol. The van der Waals surface area contributed by atoms with Gasteiger partial charge < -0.3 is 10.3 Å². The van der Waals surface area contributed by atoms with Gasteiger partial charge in [0.25, 0.3) is 0 Å². The van der Waals surface area contributed by atoms with Crippen LogP contribution >= 0.6 is 0 Å². The number of nitrogens with zero attached hydrogens (tertiary/aromatic N) is 1. The Kier molecular flexibility index (Phi) is 2.78. The summed E-state index contributed by atoms with van der Waals surface area (Å²) in [5.41, 5.74) is 8.30. The van der Waals surface area contributed by atoms with E-state index in [-0.39, 0.29) is 0 Å². The van der Waals surface area contributed by atoms with Crippen molar-refractivity contribution < 1.29 is 0 Å². The third kappa shape index (κ3) is 1.90. The zero-order valence-electron chi connectivity index (χ0n) is 9.40. The summed E-state index contributed by atoms with van der Waals surface area (Å²) in [7, 11) is 0. The van der Waals surface area contributed by atoms with Crippen LogP contribution in [0, 0.1) is 5.92 Å². The lowest BCUT2D eigenvalue weighted by atomic mass is 10.1. The molecule has 0 atom stereocenters. The quantitative estimate of drug-likeness (QED) is 0.815. The van der Waals surface area contributed by atoms with Crippen LogP contribution in [0.15, 0.2) is 30.5 Å². The van der Waals surface area contributed by atoms with E-state index in [1.54, 1.807) is 0 Å². The van der Waals surface area contributed by atoms with E-state index in [2.05, 4.69) is 48.9 Å². The molecule has 80 valence electrons. The Hall–Kier alpha value is -1.28. The van der Waals surface area contributed by atoms with Gasteiger partial charge in [-0.05, 0) is 22.9 Å². The maximum absolute atomic E-state index is 5.76. The average Bonchev–Trinajstić information content (AvgIpc) is 2.61. The number of benzene rings is 1. The van der Waals surface area contributed by atoms with Crippen molar-refractivity contribution in [3.05, 3.63) is 36.0 Å². The van der Waals surface area contributed by atoms with Crippen LogP contribution in [0.2, 0.25) is 0 Å². The second-order valence-electron chi connectivity index (χ2n) is 4.42. The first kappa shape index (κ1) is 10.2. The third-order valence-electron chi connectivity index (χ3n) is 2.65. The molecule has 0 bridgehead atoms. The van der Waals surface area contributed by atoms with Gasteiger partial charge in [-0.2, -0.15) is 0 Å². The highest BCUT2D eigenvalue weighted by Crippen LogP contribution is 2.21. The molecule has 0 aliphatic rings. The molecule has 1 heterocycles. The molecule has 2 N–H and O–H groups in total. The van der Waals surface area contributed by atoms with E-state index >= 15 is 0 Å². The smallest absolute Gasteiger partial charge is 0.0525 e. The second kappa shape index (κ2) is 4.07. The zero-order valence-corrected chi connectivity index (χ0v) is 9.40. The zero-order chi connectivity index (χ0) is 10.8. The van der Waals surface area contributed by atoms with E-state index < -0.39 is 0 Å². The molecule has 0 saturated carbocycles. The monoisotopic (exact) mass is 202 g/mol. The summed E-state index contributed by atoms with van der Waals surface area (Å²) in [5, 5.41) is 1.29. The summed E-state index contributed by atoms with van der Waals surface area (Å²) in [5.74, 6) is 0.659. The van der Waals surface area contributed by atoms with Gasteiger partial charge in [0.1, 0.15) is 0 Å². The fourth-order valence-corrected chi connectivity index (χ4v) is 2.05.